The molecule has 0 spiro atoms. The molecule has 0 saturated carbocycles. The lowest BCUT2D eigenvalue weighted by Gasteiger charge is -2.19. The van der Waals surface area contributed by atoms with E-state index in [2.05, 4.69) is 0 Å². The maximum absolute atomic E-state index is 12.5. The molecule has 1 N–H and O–H groups in total. The van der Waals surface area contributed by atoms with Gasteiger partial charge >= 0.3 is 5.97 Å². The summed E-state index contributed by atoms with van der Waals surface area (Å²) in [6, 6.07) is 9.38. The third-order valence-electron chi connectivity index (χ3n) is 3.65. The Bertz CT molecular complexity index is 841. The fourth-order valence-corrected chi connectivity index (χ4v) is 3.71. The van der Waals surface area contributed by atoms with Crippen LogP contribution >= 0.6 is 0 Å². The van der Waals surface area contributed by atoms with E-state index >= 15 is 0 Å². The molecule has 0 atom stereocenters. The topological polar surface area (TPSA) is 105 Å². The zero-order chi connectivity index (χ0) is 18.4. The van der Waals surface area contributed by atoms with Crippen LogP contribution in [0, 0.1) is 0 Å². The number of carboxylic acid groups (broad SMARTS) is 1. The normalized spacial score (nSPS) is 11.2. The number of carbonyl (C=O) groups excluding carboxylic acids is 1. The van der Waals surface area contributed by atoms with E-state index in [0.717, 1.165) is 0 Å². The van der Waals surface area contributed by atoms with Gasteiger partial charge in [0.05, 0.1) is 23.3 Å². The molecule has 0 fully saturated rings. The monoisotopic (exact) mass is 365 g/mol. The summed E-state index contributed by atoms with van der Waals surface area (Å²) in [4.78, 5) is 24.7. The number of rotatable bonds is 8. The number of carbonyl (C=O) groups is 2. The zero-order valence-corrected chi connectivity index (χ0v) is 14.5. The molecule has 25 heavy (non-hydrogen) atoms. The molecule has 1 amide bonds. The average Bonchev–Trinajstić information content (AvgIpc) is 3.03. The Balaban J connectivity index is 2.22. The molecule has 0 unspecified atom stereocenters. The van der Waals surface area contributed by atoms with Gasteiger partial charge in [0.2, 0.25) is 0 Å². The van der Waals surface area contributed by atoms with E-state index < -0.39 is 21.7 Å². The van der Waals surface area contributed by atoms with E-state index in [4.69, 9.17) is 9.52 Å². The van der Waals surface area contributed by atoms with E-state index in [1.807, 2.05) is 0 Å². The SMILES string of the molecule is CCN(CCC(=O)O)C(=O)c1occc1CS(=O)(=O)c1ccccc1. The Kier molecular flexibility index (Phi) is 5.97. The molecule has 0 bridgehead atoms. The van der Waals surface area contributed by atoms with Gasteiger partial charge in [-0.1, -0.05) is 18.2 Å². The molecular formula is C17H19NO6S. The van der Waals surface area contributed by atoms with Gasteiger partial charge in [-0.05, 0) is 25.1 Å². The van der Waals surface area contributed by atoms with Crippen molar-refractivity contribution in [3.05, 3.63) is 54.0 Å². The minimum Gasteiger partial charge on any atom is -0.481 e. The number of carboxylic acids is 1. The fraction of sp³-hybridized carbons (Fsp3) is 0.294. The largest absolute Gasteiger partial charge is 0.481 e. The summed E-state index contributed by atoms with van der Waals surface area (Å²) in [5.41, 5.74) is 0.252. The van der Waals surface area contributed by atoms with Gasteiger partial charge < -0.3 is 14.4 Å². The van der Waals surface area contributed by atoms with E-state index in [1.165, 1.54) is 29.4 Å². The van der Waals surface area contributed by atoms with Crippen molar-refractivity contribution in [2.45, 2.75) is 24.0 Å². The number of sulfone groups is 1. The molecule has 7 nitrogen and oxygen atoms in total. The minimum absolute atomic E-state index is 0.0240. The van der Waals surface area contributed by atoms with Gasteiger partial charge in [0.25, 0.3) is 5.91 Å². The van der Waals surface area contributed by atoms with E-state index in [0.29, 0.717) is 0 Å². The maximum atomic E-state index is 12.5. The van der Waals surface area contributed by atoms with Crippen LogP contribution in [0.2, 0.25) is 0 Å². The van der Waals surface area contributed by atoms with Crippen LogP contribution < -0.4 is 0 Å². The van der Waals surface area contributed by atoms with Crippen LogP contribution in [0.4, 0.5) is 0 Å². The van der Waals surface area contributed by atoms with Crippen LogP contribution in [0.3, 0.4) is 0 Å². The highest BCUT2D eigenvalue weighted by atomic mass is 32.2. The standard InChI is InChI=1S/C17H19NO6S/c1-2-18(10-8-15(19)20)17(21)16-13(9-11-24-16)12-25(22,23)14-6-4-3-5-7-14/h3-7,9,11H,2,8,10,12H2,1H3,(H,19,20). The molecule has 8 heteroatoms. The molecule has 2 rings (SSSR count). The smallest absolute Gasteiger partial charge is 0.305 e. The fourth-order valence-electron chi connectivity index (χ4n) is 2.33. The second-order valence-electron chi connectivity index (χ2n) is 5.38. The van der Waals surface area contributed by atoms with Gasteiger partial charge in [-0.25, -0.2) is 8.42 Å². The Morgan fingerprint density at radius 3 is 2.44 bits per heavy atom. The number of amides is 1. The Morgan fingerprint density at radius 1 is 1.16 bits per heavy atom. The lowest BCUT2D eigenvalue weighted by Crippen LogP contribution is -2.33. The number of nitrogens with zero attached hydrogens (tertiary/aromatic N) is 1. The van der Waals surface area contributed by atoms with Crippen molar-refractivity contribution < 1.29 is 27.5 Å². The molecule has 134 valence electrons. The van der Waals surface area contributed by atoms with Crippen LogP contribution in [0.5, 0.6) is 0 Å². The number of furan rings is 1. The molecule has 0 aliphatic carbocycles. The van der Waals surface area contributed by atoms with Crippen molar-refractivity contribution >= 4 is 21.7 Å². The van der Waals surface area contributed by atoms with Crippen LogP contribution in [-0.4, -0.2) is 43.4 Å². The first kappa shape index (κ1) is 18.7. The van der Waals surface area contributed by atoms with Crippen LogP contribution in [0.25, 0.3) is 0 Å². The summed E-state index contributed by atoms with van der Waals surface area (Å²) in [6.45, 7) is 2.02. The zero-order valence-electron chi connectivity index (χ0n) is 13.7. The third-order valence-corrected chi connectivity index (χ3v) is 5.33. The highest BCUT2D eigenvalue weighted by Crippen LogP contribution is 2.21. The number of aliphatic carboxylic acids is 1. The summed E-state index contributed by atoms with van der Waals surface area (Å²) >= 11 is 0. The lowest BCUT2D eigenvalue weighted by molar-refractivity contribution is -0.137. The van der Waals surface area contributed by atoms with E-state index in [9.17, 15) is 18.0 Å². The average molecular weight is 365 g/mol. The molecule has 1 aromatic heterocycles. The molecule has 1 heterocycles. The summed E-state index contributed by atoms with van der Waals surface area (Å²) in [6.07, 6.45) is 1.06. The van der Waals surface area contributed by atoms with Gasteiger partial charge in [-0.3, -0.25) is 9.59 Å². The van der Waals surface area contributed by atoms with Gasteiger partial charge in [0, 0.05) is 18.7 Å². The Morgan fingerprint density at radius 2 is 1.84 bits per heavy atom. The molecule has 0 saturated heterocycles. The first-order valence-corrected chi connectivity index (χ1v) is 9.35. The van der Waals surface area contributed by atoms with Crippen molar-refractivity contribution in [1.82, 2.24) is 4.90 Å². The highest BCUT2D eigenvalue weighted by molar-refractivity contribution is 7.90. The molecule has 2 aromatic rings. The van der Waals surface area contributed by atoms with Crippen molar-refractivity contribution in [1.29, 1.82) is 0 Å². The minimum atomic E-state index is -3.62. The first-order valence-electron chi connectivity index (χ1n) is 7.70. The van der Waals surface area contributed by atoms with Gasteiger partial charge in [-0.2, -0.15) is 0 Å². The van der Waals surface area contributed by atoms with Gasteiger partial charge in [-0.15, -0.1) is 0 Å². The molecule has 0 aliphatic heterocycles. The molecular weight excluding hydrogens is 346 g/mol. The first-order chi connectivity index (χ1) is 11.8. The van der Waals surface area contributed by atoms with E-state index in [-0.39, 0.29) is 41.5 Å². The lowest BCUT2D eigenvalue weighted by atomic mass is 10.2. The van der Waals surface area contributed by atoms with Crippen molar-refractivity contribution in [2.75, 3.05) is 13.1 Å². The van der Waals surface area contributed by atoms with Crippen molar-refractivity contribution in [2.24, 2.45) is 0 Å². The molecule has 1 aromatic carbocycles. The Labute approximate surface area is 145 Å². The van der Waals surface area contributed by atoms with Crippen LogP contribution in [-0.2, 0) is 20.4 Å². The molecule has 0 aliphatic rings. The maximum Gasteiger partial charge on any atom is 0.305 e. The second kappa shape index (κ2) is 7.98. The predicted molar refractivity (Wildman–Crippen MR) is 89.9 cm³/mol. The van der Waals surface area contributed by atoms with E-state index in [1.54, 1.807) is 25.1 Å². The van der Waals surface area contributed by atoms with Crippen LogP contribution in [0.15, 0.2) is 52.0 Å². The molecule has 0 radical (unpaired) electrons. The number of hydrogen-bond acceptors (Lipinski definition) is 5. The third kappa shape index (κ3) is 4.69. The van der Waals surface area contributed by atoms with Crippen LogP contribution in [0.1, 0.15) is 29.5 Å². The number of benzene rings is 1. The van der Waals surface area contributed by atoms with Crippen molar-refractivity contribution in [3.63, 3.8) is 0 Å². The van der Waals surface area contributed by atoms with Gasteiger partial charge in [0.15, 0.2) is 15.6 Å². The highest BCUT2D eigenvalue weighted by Gasteiger charge is 2.25. The summed E-state index contributed by atoms with van der Waals surface area (Å²) in [7, 11) is -3.62. The quantitative estimate of drug-likeness (QED) is 0.769. The van der Waals surface area contributed by atoms with Gasteiger partial charge in [0.1, 0.15) is 0 Å². The summed E-state index contributed by atoms with van der Waals surface area (Å²) in [5.74, 6) is -1.98. The predicted octanol–water partition coefficient (Wildman–Crippen LogP) is 2.19. The summed E-state index contributed by atoms with van der Waals surface area (Å²) in [5, 5.41) is 8.76. The second-order valence-corrected chi connectivity index (χ2v) is 7.37. The summed E-state index contributed by atoms with van der Waals surface area (Å²) < 4.78 is 30.2. The Hall–Kier alpha value is -2.61. The number of hydrogen-bond donors (Lipinski definition) is 1. The van der Waals surface area contributed by atoms with Crippen molar-refractivity contribution in [3.8, 4) is 0 Å².